The van der Waals surface area contributed by atoms with E-state index in [1.807, 2.05) is 0 Å². The fraction of sp³-hybridized carbons (Fsp3) is 0.333. The Morgan fingerprint density at radius 1 is 1.61 bits per heavy atom. The topological polar surface area (TPSA) is 75.6 Å². The van der Waals surface area contributed by atoms with Gasteiger partial charge >= 0.3 is 5.97 Å². The maximum absolute atomic E-state index is 11.0. The Morgan fingerprint density at radius 2 is 2.33 bits per heavy atom. The van der Waals surface area contributed by atoms with Crippen LogP contribution in [0.5, 0.6) is 5.75 Å². The summed E-state index contributed by atoms with van der Waals surface area (Å²) in [6, 6.07) is 3.77. The average molecular weight is 273 g/mol. The molecular weight excluding hydrogens is 258 g/mol. The second kappa shape index (κ2) is 6.26. The van der Waals surface area contributed by atoms with Crippen molar-refractivity contribution < 1.29 is 20.8 Å². The van der Waals surface area contributed by atoms with Crippen LogP contribution in [0.4, 0.5) is 0 Å². The van der Waals surface area contributed by atoms with E-state index in [2.05, 4.69) is 5.32 Å². The molecule has 1 aromatic rings. The normalized spacial score (nSPS) is 12.4. The van der Waals surface area contributed by atoms with Gasteiger partial charge in [0.05, 0.1) is 13.5 Å². The van der Waals surface area contributed by atoms with E-state index in [4.69, 9.17) is 22.8 Å². The highest BCUT2D eigenvalue weighted by atomic mass is 35.5. The molecule has 0 spiro atoms. The van der Waals surface area contributed by atoms with Gasteiger partial charge in [0, 0.05) is 13.3 Å². The third-order valence-corrected chi connectivity index (χ3v) is 2.58. The lowest BCUT2D eigenvalue weighted by molar-refractivity contribution is -0.141. The maximum atomic E-state index is 11.0. The number of hydrogen-bond acceptors (Lipinski definition) is 3. The number of methoxy groups -OCH3 is 1. The Morgan fingerprint density at radius 3 is 2.89 bits per heavy atom. The number of hydrogen-bond donors (Lipinski definition) is 2. The third kappa shape index (κ3) is 3.92. The van der Waals surface area contributed by atoms with Gasteiger partial charge in [0.1, 0.15) is 11.8 Å². The lowest BCUT2D eigenvalue weighted by atomic mass is 10.1. The van der Waals surface area contributed by atoms with Crippen LogP contribution in [0.15, 0.2) is 18.2 Å². The van der Waals surface area contributed by atoms with Crippen molar-refractivity contribution in [3.63, 3.8) is 0 Å². The number of nitrogens with one attached hydrogen (secondary N) is 1. The van der Waals surface area contributed by atoms with Crippen LogP contribution in [-0.4, -0.2) is 30.1 Å². The summed E-state index contributed by atoms with van der Waals surface area (Å²) in [7, 11) is -0.281. The Labute approximate surface area is 111 Å². The van der Waals surface area contributed by atoms with Crippen molar-refractivity contribution in [3.8, 4) is 5.75 Å². The summed E-state index contributed by atoms with van der Waals surface area (Å²) in [4.78, 5) is 21.9. The molecule has 0 saturated carbocycles. The molecule has 0 heterocycles. The number of carboxylic acids is 1. The first-order valence-electron chi connectivity index (χ1n) is 5.85. The highest BCUT2D eigenvalue weighted by Crippen LogP contribution is 2.25. The number of ether oxygens (including phenoxy) is 1. The second-order valence-electron chi connectivity index (χ2n) is 3.70. The van der Waals surface area contributed by atoms with E-state index in [1.54, 1.807) is 18.2 Å². The zero-order valence-electron chi connectivity index (χ0n) is 10.8. The van der Waals surface area contributed by atoms with E-state index >= 15 is 0 Å². The molecule has 2 N–H and O–H groups in total. The minimum absolute atomic E-state index is 0.112. The molecule has 5 nitrogen and oxygen atoms in total. The highest BCUT2D eigenvalue weighted by molar-refractivity contribution is 6.32. The number of carboxylic acid groups (broad SMARTS) is 1. The smallest absolute Gasteiger partial charge is 0.326 e. The number of carbonyl (C=O) groups is 2. The van der Waals surface area contributed by atoms with Gasteiger partial charge in [-0.2, -0.15) is 0 Å². The first kappa shape index (κ1) is 12.7. The SMILES string of the molecule is [2H]COc1cc(C[C@H](NC(C)=O)C(=O)O)ccc1Cl. The number of rotatable bonds is 5. The number of amides is 1. The second-order valence-corrected chi connectivity index (χ2v) is 4.11. The van der Waals surface area contributed by atoms with Crippen LogP contribution in [-0.2, 0) is 16.0 Å². The molecule has 18 heavy (non-hydrogen) atoms. The molecule has 6 heteroatoms. The summed E-state index contributed by atoms with van der Waals surface area (Å²) in [5.41, 5.74) is 0.647. The van der Waals surface area contributed by atoms with Crippen LogP contribution in [0.2, 0.25) is 5.02 Å². The van der Waals surface area contributed by atoms with Gasteiger partial charge in [-0.15, -0.1) is 0 Å². The van der Waals surface area contributed by atoms with Gasteiger partial charge in [-0.05, 0) is 17.7 Å². The van der Waals surface area contributed by atoms with E-state index in [1.165, 1.54) is 6.92 Å². The average Bonchev–Trinajstić information content (AvgIpc) is 2.32. The molecule has 1 atom stereocenters. The third-order valence-electron chi connectivity index (χ3n) is 2.27. The van der Waals surface area contributed by atoms with Crippen molar-refractivity contribution in [1.29, 1.82) is 0 Å². The zero-order chi connectivity index (χ0) is 14.4. The van der Waals surface area contributed by atoms with Crippen molar-refractivity contribution >= 4 is 23.5 Å². The standard InChI is InChI=1S/C12H14ClNO4/c1-7(15)14-10(12(16)17)5-8-3-4-9(13)11(6-8)18-2/h3-4,6,10H,5H2,1-2H3,(H,14,15)(H,16,17)/t10-/m0/s1/i2D. The fourth-order valence-electron chi connectivity index (χ4n) is 1.47. The van der Waals surface area contributed by atoms with Crippen molar-refractivity contribution in [2.24, 2.45) is 0 Å². The zero-order valence-corrected chi connectivity index (χ0v) is 10.5. The van der Waals surface area contributed by atoms with E-state index in [9.17, 15) is 9.59 Å². The largest absolute Gasteiger partial charge is 0.495 e. The lowest BCUT2D eigenvalue weighted by Gasteiger charge is -2.14. The van der Waals surface area contributed by atoms with E-state index < -0.39 is 17.9 Å². The summed E-state index contributed by atoms with van der Waals surface area (Å²) in [5.74, 6) is -1.21. The Bertz CT molecular complexity index is 481. The molecule has 1 rings (SSSR count). The van der Waals surface area contributed by atoms with E-state index in [0.29, 0.717) is 16.3 Å². The number of halogens is 1. The van der Waals surface area contributed by atoms with Crippen molar-refractivity contribution in [2.75, 3.05) is 7.09 Å². The predicted molar refractivity (Wildman–Crippen MR) is 66.9 cm³/mol. The minimum Gasteiger partial charge on any atom is -0.495 e. The van der Waals surface area contributed by atoms with Gasteiger partial charge in [0.15, 0.2) is 0 Å². The molecule has 0 bridgehead atoms. The number of carbonyl (C=O) groups excluding carboxylic acids is 1. The molecule has 0 saturated heterocycles. The van der Waals surface area contributed by atoms with Gasteiger partial charge in [-0.3, -0.25) is 4.79 Å². The Balaban J connectivity index is 2.87. The first-order chi connectivity index (χ1) is 8.93. The highest BCUT2D eigenvalue weighted by Gasteiger charge is 2.19. The summed E-state index contributed by atoms with van der Waals surface area (Å²) >= 11 is 5.86. The van der Waals surface area contributed by atoms with Gasteiger partial charge in [0.25, 0.3) is 0 Å². The van der Waals surface area contributed by atoms with E-state index in [0.717, 1.165) is 0 Å². The van der Waals surface area contributed by atoms with Crippen LogP contribution in [0.25, 0.3) is 0 Å². The molecule has 1 amide bonds. The minimum atomic E-state index is -1.12. The van der Waals surface area contributed by atoms with Crippen LogP contribution >= 0.6 is 11.6 Å². The van der Waals surface area contributed by atoms with Crippen LogP contribution in [0, 0.1) is 0 Å². The molecule has 98 valence electrons. The van der Waals surface area contributed by atoms with Crippen molar-refractivity contribution in [3.05, 3.63) is 28.8 Å². The van der Waals surface area contributed by atoms with Gasteiger partial charge in [-0.1, -0.05) is 17.7 Å². The summed E-state index contributed by atoms with van der Waals surface area (Å²) < 4.78 is 12.0. The van der Waals surface area contributed by atoms with Gasteiger partial charge < -0.3 is 15.2 Å². The van der Waals surface area contributed by atoms with Crippen LogP contribution < -0.4 is 10.1 Å². The van der Waals surface area contributed by atoms with Crippen LogP contribution in [0.1, 0.15) is 13.9 Å². The monoisotopic (exact) mass is 272 g/mol. The Kier molecular flexibility index (Phi) is 4.41. The number of benzene rings is 1. The molecular formula is C12H14ClNO4. The Hall–Kier alpha value is -1.75. The lowest BCUT2D eigenvalue weighted by Crippen LogP contribution is -2.41. The molecule has 0 aliphatic carbocycles. The molecule has 0 radical (unpaired) electrons. The molecule has 0 unspecified atom stereocenters. The van der Waals surface area contributed by atoms with E-state index in [-0.39, 0.29) is 13.5 Å². The fourth-order valence-corrected chi connectivity index (χ4v) is 1.64. The molecule has 0 fully saturated rings. The maximum Gasteiger partial charge on any atom is 0.326 e. The summed E-state index contributed by atoms with van der Waals surface area (Å²) in [6.45, 7) is 1.26. The molecule has 0 aliphatic heterocycles. The molecule has 0 aromatic heterocycles. The first-order valence-corrected chi connectivity index (χ1v) is 5.52. The quantitative estimate of drug-likeness (QED) is 0.851. The molecule has 0 aliphatic rings. The van der Waals surface area contributed by atoms with Gasteiger partial charge in [-0.25, -0.2) is 4.79 Å². The predicted octanol–water partition coefficient (Wildman–Crippen LogP) is 1.48. The van der Waals surface area contributed by atoms with Gasteiger partial charge in [0.2, 0.25) is 5.91 Å². The van der Waals surface area contributed by atoms with Crippen molar-refractivity contribution in [1.82, 2.24) is 5.32 Å². The molecule has 1 aromatic carbocycles. The van der Waals surface area contributed by atoms with Crippen molar-refractivity contribution in [2.45, 2.75) is 19.4 Å². The summed E-state index contributed by atoms with van der Waals surface area (Å²) in [6.07, 6.45) is 0.112. The number of aliphatic carboxylic acids is 1. The summed E-state index contributed by atoms with van der Waals surface area (Å²) in [5, 5.41) is 11.7. The van der Waals surface area contributed by atoms with Crippen LogP contribution in [0.3, 0.4) is 0 Å².